The molecule has 0 saturated heterocycles. The highest BCUT2D eigenvalue weighted by atomic mass is 16.4. The van der Waals surface area contributed by atoms with Gasteiger partial charge in [0.1, 0.15) is 11.8 Å². The third kappa shape index (κ3) is 5.57. The third-order valence-corrected chi connectivity index (χ3v) is 2.22. The van der Waals surface area contributed by atoms with Gasteiger partial charge in [-0.3, -0.25) is 4.79 Å². The summed E-state index contributed by atoms with van der Waals surface area (Å²) in [5, 5.41) is 21.7. The Balaban J connectivity index is 2.32. The van der Waals surface area contributed by atoms with Crippen LogP contribution in [0.2, 0.25) is 0 Å². The molecule has 0 fully saturated rings. The zero-order valence-electron chi connectivity index (χ0n) is 9.96. The number of carboxylic acid groups (broad SMARTS) is 2. The first-order valence-corrected chi connectivity index (χ1v) is 5.50. The maximum absolute atomic E-state index is 11.4. The van der Waals surface area contributed by atoms with E-state index in [1.54, 1.807) is 12.1 Å². The van der Waals surface area contributed by atoms with Gasteiger partial charge in [-0.2, -0.15) is 0 Å². The second kappa shape index (κ2) is 7.04. The lowest BCUT2D eigenvalue weighted by Crippen LogP contribution is -2.47. The maximum atomic E-state index is 11.4. The van der Waals surface area contributed by atoms with Crippen LogP contribution < -0.4 is 10.6 Å². The molecule has 1 aromatic heterocycles. The van der Waals surface area contributed by atoms with E-state index in [0.29, 0.717) is 12.2 Å². The number of carboxylic acids is 2. The van der Waals surface area contributed by atoms with Crippen LogP contribution in [-0.2, 0) is 16.0 Å². The Morgan fingerprint density at radius 1 is 1.32 bits per heavy atom. The number of amides is 2. The van der Waals surface area contributed by atoms with Crippen molar-refractivity contribution in [1.29, 1.82) is 0 Å². The summed E-state index contributed by atoms with van der Waals surface area (Å²) >= 11 is 0. The van der Waals surface area contributed by atoms with Crippen LogP contribution in [0, 0.1) is 0 Å². The van der Waals surface area contributed by atoms with Crippen molar-refractivity contribution in [2.75, 3.05) is 6.54 Å². The van der Waals surface area contributed by atoms with E-state index in [9.17, 15) is 14.4 Å². The van der Waals surface area contributed by atoms with Gasteiger partial charge in [0.05, 0.1) is 12.7 Å². The second-order valence-corrected chi connectivity index (χ2v) is 3.72. The fourth-order valence-corrected chi connectivity index (χ4v) is 1.34. The molecule has 0 bridgehead atoms. The molecule has 2 amide bonds. The fraction of sp³-hybridized carbons (Fsp3) is 0.364. The Hall–Kier alpha value is -2.51. The van der Waals surface area contributed by atoms with E-state index < -0.39 is 30.4 Å². The first-order valence-electron chi connectivity index (χ1n) is 5.50. The molecule has 1 heterocycles. The minimum atomic E-state index is -1.46. The third-order valence-electron chi connectivity index (χ3n) is 2.22. The van der Waals surface area contributed by atoms with Crippen LogP contribution in [0.1, 0.15) is 12.2 Å². The normalized spacial score (nSPS) is 11.6. The largest absolute Gasteiger partial charge is 0.481 e. The van der Waals surface area contributed by atoms with Gasteiger partial charge < -0.3 is 25.3 Å². The molecule has 0 aliphatic rings. The molecule has 1 aromatic rings. The van der Waals surface area contributed by atoms with Gasteiger partial charge in [0.25, 0.3) is 0 Å². The van der Waals surface area contributed by atoms with Gasteiger partial charge in [0.2, 0.25) is 0 Å². The summed E-state index contributed by atoms with van der Waals surface area (Å²) in [5.74, 6) is -2.02. The highest BCUT2D eigenvalue weighted by molar-refractivity contribution is 5.86. The fourth-order valence-electron chi connectivity index (χ4n) is 1.34. The minimum Gasteiger partial charge on any atom is -0.481 e. The number of rotatable bonds is 7. The Morgan fingerprint density at radius 2 is 2.05 bits per heavy atom. The van der Waals surface area contributed by atoms with Crippen LogP contribution in [0.4, 0.5) is 4.79 Å². The van der Waals surface area contributed by atoms with Crippen LogP contribution in [0.15, 0.2) is 22.8 Å². The van der Waals surface area contributed by atoms with Gasteiger partial charge in [0.15, 0.2) is 0 Å². The molecule has 8 nitrogen and oxygen atoms in total. The smallest absolute Gasteiger partial charge is 0.326 e. The summed E-state index contributed by atoms with van der Waals surface area (Å²) in [7, 11) is 0. The van der Waals surface area contributed by atoms with Crippen molar-refractivity contribution in [3.63, 3.8) is 0 Å². The summed E-state index contributed by atoms with van der Waals surface area (Å²) < 4.78 is 5.04. The van der Waals surface area contributed by atoms with Gasteiger partial charge in [0, 0.05) is 13.0 Å². The van der Waals surface area contributed by atoms with E-state index in [-0.39, 0.29) is 6.54 Å². The molecule has 19 heavy (non-hydrogen) atoms. The molecule has 0 aromatic carbocycles. The van der Waals surface area contributed by atoms with Crippen molar-refractivity contribution in [3.8, 4) is 0 Å². The number of aliphatic carboxylic acids is 2. The number of carbonyl (C=O) groups is 3. The number of urea groups is 1. The van der Waals surface area contributed by atoms with Crippen LogP contribution in [0.25, 0.3) is 0 Å². The molecule has 1 rings (SSSR count). The van der Waals surface area contributed by atoms with Crippen LogP contribution in [0.5, 0.6) is 0 Å². The van der Waals surface area contributed by atoms with Crippen molar-refractivity contribution < 1.29 is 29.0 Å². The van der Waals surface area contributed by atoms with Gasteiger partial charge in [-0.05, 0) is 12.1 Å². The van der Waals surface area contributed by atoms with E-state index in [1.165, 1.54) is 6.26 Å². The Labute approximate surface area is 108 Å². The maximum Gasteiger partial charge on any atom is 0.326 e. The number of furan rings is 1. The summed E-state index contributed by atoms with van der Waals surface area (Å²) in [4.78, 5) is 32.5. The standard InChI is InChI=1S/C11H14N2O6/c14-9(15)6-8(10(16)17)13-11(18)12-4-3-7-2-1-5-19-7/h1-2,5,8H,3-4,6H2,(H,14,15)(H,16,17)(H2,12,13,18)/t8-/m0/s1. The average Bonchev–Trinajstić information content (AvgIpc) is 2.80. The average molecular weight is 270 g/mol. The lowest BCUT2D eigenvalue weighted by Gasteiger charge is -2.12. The van der Waals surface area contributed by atoms with E-state index in [1.807, 2.05) is 0 Å². The van der Waals surface area contributed by atoms with E-state index in [0.717, 1.165) is 0 Å². The summed E-state index contributed by atoms with van der Waals surface area (Å²) in [6.45, 7) is 0.249. The number of hydrogen-bond donors (Lipinski definition) is 4. The number of nitrogens with one attached hydrogen (secondary N) is 2. The number of carbonyl (C=O) groups excluding carboxylic acids is 1. The first-order chi connectivity index (χ1) is 8.99. The minimum absolute atomic E-state index is 0.249. The predicted molar refractivity (Wildman–Crippen MR) is 62.6 cm³/mol. The molecule has 8 heteroatoms. The van der Waals surface area contributed by atoms with Crippen LogP contribution in [-0.4, -0.2) is 40.8 Å². The van der Waals surface area contributed by atoms with E-state index in [4.69, 9.17) is 14.6 Å². The zero-order chi connectivity index (χ0) is 14.3. The molecule has 104 valence electrons. The van der Waals surface area contributed by atoms with Gasteiger partial charge in [-0.1, -0.05) is 0 Å². The summed E-state index contributed by atoms with van der Waals surface area (Å²) in [6, 6.07) is 1.26. The summed E-state index contributed by atoms with van der Waals surface area (Å²) in [6.07, 6.45) is 1.28. The van der Waals surface area contributed by atoms with E-state index >= 15 is 0 Å². The van der Waals surface area contributed by atoms with Gasteiger partial charge in [-0.15, -0.1) is 0 Å². The molecule has 0 saturated carbocycles. The molecular weight excluding hydrogens is 256 g/mol. The first kappa shape index (κ1) is 14.6. The summed E-state index contributed by atoms with van der Waals surface area (Å²) in [5.41, 5.74) is 0. The lowest BCUT2D eigenvalue weighted by atomic mass is 10.2. The van der Waals surface area contributed by atoms with Crippen LogP contribution in [0.3, 0.4) is 0 Å². The predicted octanol–water partition coefficient (Wildman–Crippen LogP) is 0.0492. The van der Waals surface area contributed by atoms with Gasteiger partial charge in [-0.25, -0.2) is 9.59 Å². The second-order valence-electron chi connectivity index (χ2n) is 3.72. The lowest BCUT2D eigenvalue weighted by molar-refractivity contribution is -0.145. The molecule has 0 aliphatic heterocycles. The molecule has 0 spiro atoms. The molecule has 4 N–H and O–H groups in total. The zero-order valence-corrected chi connectivity index (χ0v) is 9.96. The molecular formula is C11H14N2O6. The molecule has 0 unspecified atom stereocenters. The van der Waals surface area contributed by atoms with Crippen molar-refractivity contribution in [2.45, 2.75) is 18.9 Å². The highest BCUT2D eigenvalue weighted by Gasteiger charge is 2.22. The monoisotopic (exact) mass is 270 g/mol. The van der Waals surface area contributed by atoms with Gasteiger partial charge >= 0.3 is 18.0 Å². The molecule has 0 aliphatic carbocycles. The SMILES string of the molecule is O=C(O)C[C@H](NC(=O)NCCc1ccco1)C(=O)O. The molecule has 0 radical (unpaired) electrons. The van der Waals surface area contributed by atoms with Crippen molar-refractivity contribution in [3.05, 3.63) is 24.2 Å². The highest BCUT2D eigenvalue weighted by Crippen LogP contribution is 1.99. The van der Waals surface area contributed by atoms with Crippen molar-refractivity contribution >= 4 is 18.0 Å². The van der Waals surface area contributed by atoms with Crippen molar-refractivity contribution in [2.24, 2.45) is 0 Å². The number of hydrogen-bond acceptors (Lipinski definition) is 4. The Morgan fingerprint density at radius 3 is 2.58 bits per heavy atom. The Kier molecular flexibility index (Phi) is 5.39. The van der Waals surface area contributed by atoms with Crippen LogP contribution >= 0.6 is 0 Å². The van der Waals surface area contributed by atoms with E-state index in [2.05, 4.69) is 10.6 Å². The molecule has 1 atom stereocenters. The van der Waals surface area contributed by atoms with Crippen molar-refractivity contribution in [1.82, 2.24) is 10.6 Å². The topological polar surface area (TPSA) is 129 Å². The Bertz CT molecular complexity index is 442. The quantitative estimate of drug-likeness (QED) is 0.554.